The number of nitro groups is 1. The Labute approximate surface area is 141 Å². The van der Waals surface area contributed by atoms with Gasteiger partial charge in [0.2, 0.25) is 10.0 Å². The van der Waals surface area contributed by atoms with Crippen LogP contribution in [0.15, 0.2) is 23.1 Å². The first-order valence-corrected chi connectivity index (χ1v) is 8.39. The summed E-state index contributed by atoms with van der Waals surface area (Å²) in [7, 11) is -2.61. The lowest BCUT2D eigenvalue weighted by Gasteiger charge is -2.29. The minimum absolute atomic E-state index is 0. The highest BCUT2D eigenvalue weighted by Gasteiger charge is 2.31. The number of nitrogens with zero attached hydrogens (tertiary/aromatic N) is 1. The fourth-order valence-corrected chi connectivity index (χ4v) is 3.98. The Balaban J connectivity index is 0.00000264. The van der Waals surface area contributed by atoms with Crippen molar-refractivity contribution in [2.75, 3.05) is 20.2 Å². The number of hydrogen-bond acceptors (Lipinski definition) is 6. The third-order valence-corrected chi connectivity index (χ3v) is 5.28. The van der Waals surface area contributed by atoms with E-state index in [-0.39, 0.29) is 35.0 Å². The normalized spacial score (nSPS) is 21.3. The van der Waals surface area contributed by atoms with Gasteiger partial charge in [0, 0.05) is 6.04 Å². The van der Waals surface area contributed by atoms with Crippen molar-refractivity contribution >= 4 is 28.1 Å². The highest BCUT2D eigenvalue weighted by molar-refractivity contribution is 7.89. The van der Waals surface area contributed by atoms with Crippen molar-refractivity contribution in [3.8, 4) is 5.75 Å². The van der Waals surface area contributed by atoms with Gasteiger partial charge in [-0.15, -0.1) is 12.4 Å². The molecule has 0 spiro atoms. The van der Waals surface area contributed by atoms with Crippen LogP contribution in [-0.4, -0.2) is 39.6 Å². The van der Waals surface area contributed by atoms with Crippen LogP contribution in [0.1, 0.15) is 13.3 Å². The van der Waals surface area contributed by atoms with E-state index in [2.05, 4.69) is 10.0 Å². The maximum atomic E-state index is 12.5. The number of hydrogen-bond donors (Lipinski definition) is 2. The first-order chi connectivity index (χ1) is 10.3. The molecule has 0 aromatic heterocycles. The molecule has 1 heterocycles. The molecule has 0 bridgehead atoms. The SMILES string of the molecule is COc1ccc(S(=O)(=O)NC2CCNCC2C)c([N+](=O)[O-])c1.Cl. The zero-order chi connectivity index (χ0) is 16.3. The summed E-state index contributed by atoms with van der Waals surface area (Å²) < 4.78 is 32.5. The first kappa shape index (κ1) is 19.6. The van der Waals surface area contributed by atoms with Crippen molar-refractivity contribution < 1.29 is 18.1 Å². The molecule has 130 valence electrons. The summed E-state index contributed by atoms with van der Waals surface area (Å²) in [6, 6.07) is 3.46. The van der Waals surface area contributed by atoms with Crippen LogP contribution in [-0.2, 0) is 10.0 Å². The second-order valence-corrected chi connectivity index (χ2v) is 6.97. The molecule has 0 amide bonds. The van der Waals surface area contributed by atoms with E-state index in [1.165, 1.54) is 19.2 Å². The van der Waals surface area contributed by atoms with Gasteiger partial charge >= 0.3 is 0 Å². The number of benzene rings is 1. The fraction of sp³-hybridized carbons (Fsp3) is 0.538. The molecular weight excluding hydrogens is 346 g/mol. The van der Waals surface area contributed by atoms with E-state index in [0.29, 0.717) is 19.5 Å². The van der Waals surface area contributed by atoms with E-state index in [4.69, 9.17) is 4.74 Å². The number of halogens is 1. The number of ether oxygens (including phenoxy) is 1. The Morgan fingerprint density at radius 2 is 2.13 bits per heavy atom. The zero-order valence-corrected chi connectivity index (χ0v) is 14.4. The van der Waals surface area contributed by atoms with E-state index in [1.54, 1.807) is 0 Å². The van der Waals surface area contributed by atoms with Crippen molar-refractivity contribution in [1.29, 1.82) is 0 Å². The monoisotopic (exact) mass is 365 g/mol. The zero-order valence-electron chi connectivity index (χ0n) is 12.8. The number of rotatable bonds is 5. The van der Waals surface area contributed by atoms with Crippen molar-refractivity contribution in [1.82, 2.24) is 10.0 Å². The summed E-state index contributed by atoms with van der Waals surface area (Å²) in [6.07, 6.45) is 0.643. The predicted octanol–water partition coefficient (Wildman–Crippen LogP) is 1.30. The molecule has 0 saturated carbocycles. The van der Waals surface area contributed by atoms with Crippen LogP contribution in [0.5, 0.6) is 5.75 Å². The smallest absolute Gasteiger partial charge is 0.293 e. The summed E-state index contributed by atoms with van der Waals surface area (Å²) in [5, 5.41) is 14.3. The number of nitro benzene ring substituents is 1. The Hall–Kier alpha value is -1.42. The van der Waals surface area contributed by atoms with Crippen LogP contribution < -0.4 is 14.8 Å². The van der Waals surface area contributed by atoms with Crippen molar-refractivity contribution in [2.24, 2.45) is 5.92 Å². The molecular formula is C13H20ClN3O5S. The number of methoxy groups -OCH3 is 1. The van der Waals surface area contributed by atoms with Crippen LogP contribution >= 0.6 is 12.4 Å². The fourth-order valence-electron chi connectivity index (χ4n) is 2.45. The van der Waals surface area contributed by atoms with Gasteiger partial charge in [-0.05, 0) is 37.6 Å². The van der Waals surface area contributed by atoms with E-state index in [9.17, 15) is 18.5 Å². The lowest BCUT2D eigenvalue weighted by molar-refractivity contribution is -0.387. The summed E-state index contributed by atoms with van der Waals surface area (Å²) in [4.78, 5) is 10.1. The second-order valence-electron chi connectivity index (χ2n) is 5.29. The third kappa shape index (κ3) is 4.54. The minimum atomic E-state index is -3.97. The molecule has 0 aliphatic carbocycles. The second kappa shape index (κ2) is 7.91. The van der Waals surface area contributed by atoms with Crippen molar-refractivity contribution in [3.63, 3.8) is 0 Å². The molecule has 2 atom stereocenters. The topological polar surface area (TPSA) is 111 Å². The van der Waals surface area contributed by atoms with Crippen molar-refractivity contribution in [3.05, 3.63) is 28.3 Å². The van der Waals surface area contributed by atoms with Gasteiger partial charge in [-0.2, -0.15) is 0 Å². The molecule has 10 heteroatoms. The van der Waals surface area contributed by atoms with Crippen LogP contribution in [0.25, 0.3) is 0 Å². The molecule has 1 fully saturated rings. The van der Waals surface area contributed by atoms with Gasteiger partial charge in [0.25, 0.3) is 5.69 Å². The van der Waals surface area contributed by atoms with Gasteiger partial charge in [-0.3, -0.25) is 10.1 Å². The highest BCUT2D eigenvalue weighted by Crippen LogP contribution is 2.29. The number of nitrogens with one attached hydrogen (secondary N) is 2. The third-order valence-electron chi connectivity index (χ3n) is 3.74. The molecule has 8 nitrogen and oxygen atoms in total. The quantitative estimate of drug-likeness (QED) is 0.601. The molecule has 23 heavy (non-hydrogen) atoms. The maximum absolute atomic E-state index is 12.5. The van der Waals surface area contributed by atoms with E-state index in [1.807, 2.05) is 6.92 Å². The Morgan fingerprint density at radius 3 is 2.70 bits per heavy atom. The van der Waals surface area contributed by atoms with Crippen LogP contribution in [0.4, 0.5) is 5.69 Å². The maximum Gasteiger partial charge on any atom is 0.293 e. The van der Waals surface area contributed by atoms with Gasteiger partial charge in [0.15, 0.2) is 4.90 Å². The van der Waals surface area contributed by atoms with E-state index < -0.39 is 20.6 Å². The lowest BCUT2D eigenvalue weighted by atomic mass is 9.97. The van der Waals surface area contributed by atoms with Crippen molar-refractivity contribution in [2.45, 2.75) is 24.3 Å². The Morgan fingerprint density at radius 1 is 1.43 bits per heavy atom. The average Bonchev–Trinajstić information content (AvgIpc) is 2.48. The lowest BCUT2D eigenvalue weighted by Crippen LogP contribution is -2.48. The molecule has 2 rings (SSSR count). The molecule has 1 aliphatic rings. The summed E-state index contributed by atoms with van der Waals surface area (Å²) >= 11 is 0. The summed E-state index contributed by atoms with van der Waals surface area (Å²) in [6.45, 7) is 3.35. The van der Waals surface area contributed by atoms with Crippen LogP contribution in [0.2, 0.25) is 0 Å². The summed E-state index contributed by atoms with van der Waals surface area (Å²) in [5.41, 5.74) is -0.492. The molecule has 0 radical (unpaired) electrons. The first-order valence-electron chi connectivity index (χ1n) is 6.90. The molecule has 1 aromatic carbocycles. The minimum Gasteiger partial charge on any atom is -0.497 e. The molecule has 1 aromatic rings. The predicted molar refractivity (Wildman–Crippen MR) is 87.7 cm³/mol. The molecule has 2 unspecified atom stereocenters. The Kier molecular flexibility index (Phi) is 6.75. The molecule has 1 saturated heterocycles. The van der Waals surface area contributed by atoms with Gasteiger partial charge in [-0.1, -0.05) is 6.92 Å². The van der Waals surface area contributed by atoms with Crippen LogP contribution in [0.3, 0.4) is 0 Å². The van der Waals surface area contributed by atoms with Gasteiger partial charge in [0.1, 0.15) is 5.75 Å². The standard InChI is InChI=1S/C13H19N3O5S.ClH/c1-9-8-14-6-5-11(9)15-22(19,20)13-4-3-10(21-2)7-12(13)16(17)18;/h3-4,7,9,11,14-15H,5-6,8H2,1-2H3;1H. The molecule has 1 aliphatic heterocycles. The molecule has 2 N–H and O–H groups in total. The van der Waals surface area contributed by atoms with Gasteiger partial charge in [-0.25, -0.2) is 13.1 Å². The van der Waals surface area contributed by atoms with E-state index >= 15 is 0 Å². The average molecular weight is 366 g/mol. The largest absolute Gasteiger partial charge is 0.497 e. The van der Waals surface area contributed by atoms with Crippen LogP contribution in [0, 0.1) is 16.0 Å². The number of sulfonamides is 1. The highest BCUT2D eigenvalue weighted by atomic mass is 35.5. The van der Waals surface area contributed by atoms with Gasteiger partial charge in [0.05, 0.1) is 18.1 Å². The summed E-state index contributed by atoms with van der Waals surface area (Å²) in [5.74, 6) is 0.349. The van der Waals surface area contributed by atoms with Gasteiger partial charge < -0.3 is 10.1 Å². The number of piperidine rings is 1. The Bertz CT molecular complexity index is 668. The van der Waals surface area contributed by atoms with E-state index in [0.717, 1.165) is 6.07 Å².